The summed E-state index contributed by atoms with van der Waals surface area (Å²) in [5, 5.41) is 13.5. The maximum atomic E-state index is 13.6. The van der Waals surface area contributed by atoms with Crippen LogP contribution in [0.5, 0.6) is 5.75 Å². The van der Waals surface area contributed by atoms with E-state index in [0.717, 1.165) is 5.56 Å². The normalized spacial score (nSPS) is 10.9. The Morgan fingerprint density at radius 1 is 1.30 bits per heavy atom. The zero-order valence-electron chi connectivity index (χ0n) is 18.7. The largest absolute Gasteiger partial charge is 0.496 e. The summed E-state index contributed by atoms with van der Waals surface area (Å²) >= 11 is 5.92. The molecule has 0 aliphatic rings. The van der Waals surface area contributed by atoms with Gasteiger partial charge in [0.15, 0.2) is 0 Å². The molecule has 1 N–H and O–H groups in total. The van der Waals surface area contributed by atoms with Crippen molar-refractivity contribution >= 4 is 39.8 Å². The number of rotatable bonds is 8. The molecule has 3 aromatic rings. The predicted octanol–water partition coefficient (Wildman–Crippen LogP) is 5.62. The highest BCUT2D eigenvalue weighted by Gasteiger charge is 2.14. The van der Waals surface area contributed by atoms with Crippen LogP contribution < -0.4 is 10.1 Å². The molecule has 0 aliphatic heterocycles. The highest BCUT2D eigenvalue weighted by atomic mass is 35.5. The van der Waals surface area contributed by atoms with E-state index in [1.54, 1.807) is 36.3 Å². The van der Waals surface area contributed by atoms with E-state index in [-0.39, 0.29) is 10.9 Å². The molecule has 0 atom stereocenters. The zero-order chi connectivity index (χ0) is 24.0. The monoisotopic (exact) mass is 466 g/mol. The van der Waals surface area contributed by atoms with Crippen LogP contribution >= 0.6 is 11.6 Å². The number of nitrogens with one attached hydrogen (secondary N) is 1. The molecule has 3 rings (SSSR count). The summed E-state index contributed by atoms with van der Waals surface area (Å²) in [6, 6.07) is 10.1. The molecule has 33 heavy (non-hydrogen) atoms. The zero-order valence-corrected chi connectivity index (χ0v) is 19.4. The van der Waals surface area contributed by atoms with Crippen LogP contribution in [0, 0.1) is 17.1 Å². The highest BCUT2D eigenvalue weighted by molar-refractivity contribution is 6.31. The number of fused-ring (bicyclic) bond motifs is 1. The van der Waals surface area contributed by atoms with Crippen LogP contribution in [-0.2, 0) is 11.2 Å². The van der Waals surface area contributed by atoms with E-state index < -0.39 is 5.82 Å². The number of hydrogen-bond donors (Lipinski definition) is 1. The third-order valence-corrected chi connectivity index (χ3v) is 5.54. The molecule has 0 saturated carbocycles. The van der Waals surface area contributed by atoms with E-state index in [9.17, 15) is 14.4 Å². The van der Waals surface area contributed by atoms with Gasteiger partial charge in [0.25, 0.3) is 0 Å². The van der Waals surface area contributed by atoms with Crippen molar-refractivity contribution in [1.29, 1.82) is 5.26 Å². The molecule has 1 amide bonds. The number of hydrogen-bond acceptors (Lipinski definition) is 5. The number of nitrogens with zero attached hydrogens (tertiary/aromatic N) is 3. The number of aromatic nitrogens is 1. The molecule has 0 spiro atoms. The van der Waals surface area contributed by atoms with E-state index >= 15 is 0 Å². The van der Waals surface area contributed by atoms with Crippen molar-refractivity contribution in [2.24, 2.45) is 0 Å². The topological polar surface area (TPSA) is 78.3 Å². The molecular weight excluding hydrogens is 443 g/mol. The maximum absolute atomic E-state index is 13.6. The van der Waals surface area contributed by atoms with Crippen molar-refractivity contribution in [1.82, 2.24) is 9.88 Å². The fourth-order valence-electron chi connectivity index (χ4n) is 3.48. The summed E-state index contributed by atoms with van der Waals surface area (Å²) in [5.41, 5.74) is 2.83. The van der Waals surface area contributed by atoms with Gasteiger partial charge in [-0.25, -0.2) is 4.39 Å². The third kappa shape index (κ3) is 5.41. The van der Waals surface area contributed by atoms with Gasteiger partial charge in [-0.2, -0.15) is 5.26 Å². The lowest BCUT2D eigenvalue weighted by atomic mass is 10.0. The number of anilines is 2. The second-order valence-electron chi connectivity index (χ2n) is 7.21. The van der Waals surface area contributed by atoms with Crippen LogP contribution in [0.15, 0.2) is 48.7 Å². The molecule has 0 radical (unpaired) electrons. The highest BCUT2D eigenvalue weighted by Crippen LogP contribution is 2.34. The number of benzene rings is 2. The number of allylic oxidation sites excluding steroid dienone is 1. The average Bonchev–Trinajstić information content (AvgIpc) is 2.82. The third-order valence-electron chi connectivity index (χ3n) is 5.25. The van der Waals surface area contributed by atoms with Gasteiger partial charge in [-0.3, -0.25) is 9.78 Å². The number of likely N-dealkylation sites (N-methyl/N-ethyl adjacent to an activating group) is 1. The van der Waals surface area contributed by atoms with Crippen molar-refractivity contribution in [3.8, 4) is 11.8 Å². The van der Waals surface area contributed by atoms with E-state index in [0.29, 0.717) is 53.1 Å². The molecule has 0 saturated heterocycles. The Morgan fingerprint density at radius 2 is 2.06 bits per heavy atom. The molecule has 8 heteroatoms. The van der Waals surface area contributed by atoms with Crippen molar-refractivity contribution in [2.75, 3.05) is 25.5 Å². The first-order chi connectivity index (χ1) is 15.9. The molecule has 0 bridgehead atoms. The summed E-state index contributed by atoms with van der Waals surface area (Å²) in [6.07, 6.45) is 5.27. The van der Waals surface area contributed by atoms with Crippen molar-refractivity contribution in [3.63, 3.8) is 0 Å². The first-order valence-electron chi connectivity index (χ1n) is 10.5. The summed E-state index contributed by atoms with van der Waals surface area (Å²) in [4.78, 5) is 18.4. The predicted molar refractivity (Wildman–Crippen MR) is 128 cm³/mol. The molecule has 2 aromatic carbocycles. The summed E-state index contributed by atoms with van der Waals surface area (Å²) in [5.74, 6) is 0.0412. The number of ether oxygens (including phenoxy) is 1. The van der Waals surface area contributed by atoms with Gasteiger partial charge in [-0.15, -0.1) is 0 Å². The second-order valence-corrected chi connectivity index (χ2v) is 7.62. The number of carbonyl (C=O) groups is 1. The average molecular weight is 467 g/mol. The lowest BCUT2D eigenvalue weighted by Crippen LogP contribution is -2.28. The maximum Gasteiger partial charge on any atom is 0.246 e. The Kier molecular flexibility index (Phi) is 7.86. The minimum atomic E-state index is -0.527. The van der Waals surface area contributed by atoms with Crippen molar-refractivity contribution < 1.29 is 13.9 Å². The number of amides is 1. The van der Waals surface area contributed by atoms with Gasteiger partial charge in [0, 0.05) is 36.4 Å². The quantitative estimate of drug-likeness (QED) is 0.436. The number of halogens is 2. The van der Waals surface area contributed by atoms with Crippen LogP contribution in [0.1, 0.15) is 25.0 Å². The number of carbonyl (C=O) groups excluding carboxylic acids is 1. The minimum Gasteiger partial charge on any atom is -0.496 e. The van der Waals surface area contributed by atoms with Crippen LogP contribution in [-0.4, -0.2) is 36.0 Å². The fourth-order valence-corrected chi connectivity index (χ4v) is 3.66. The van der Waals surface area contributed by atoms with Crippen LogP contribution in [0.25, 0.3) is 10.9 Å². The number of pyridine rings is 1. The van der Waals surface area contributed by atoms with Crippen LogP contribution in [0.4, 0.5) is 15.8 Å². The Labute approximate surface area is 197 Å². The Hall–Kier alpha value is -3.63. The smallest absolute Gasteiger partial charge is 0.246 e. The molecule has 1 aromatic heterocycles. The first kappa shape index (κ1) is 24.0. The van der Waals surface area contributed by atoms with E-state index in [4.69, 9.17) is 16.3 Å². The van der Waals surface area contributed by atoms with Gasteiger partial charge < -0.3 is 15.0 Å². The second kappa shape index (κ2) is 10.8. The summed E-state index contributed by atoms with van der Waals surface area (Å²) in [6.45, 7) is 5.16. The van der Waals surface area contributed by atoms with E-state index in [1.807, 2.05) is 19.9 Å². The Bertz CT molecular complexity index is 1250. The molecule has 0 aliphatic carbocycles. The van der Waals surface area contributed by atoms with Gasteiger partial charge in [0.1, 0.15) is 17.6 Å². The lowest BCUT2D eigenvalue weighted by Gasteiger charge is -2.16. The van der Waals surface area contributed by atoms with Gasteiger partial charge in [-0.05, 0) is 56.2 Å². The molecule has 170 valence electrons. The number of nitriles is 1. The Morgan fingerprint density at radius 3 is 2.70 bits per heavy atom. The lowest BCUT2D eigenvalue weighted by molar-refractivity contribution is -0.125. The van der Waals surface area contributed by atoms with Gasteiger partial charge in [0.2, 0.25) is 5.91 Å². The first-order valence-corrected chi connectivity index (χ1v) is 10.9. The standard InChI is InChI=1S/C25H24ClFN4O2/c1-4-31(5-2)24(32)8-6-7-16-11-19-22(13-23(16)33-3)29-15-17(14-28)25(19)30-18-9-10-21(27)20(26)12-18/h6,8-13,15H,4-5,7H2,1-3H3,(H,29,30)/b8-6+. The van der Waals surface area contributed by atoms with Crippen molar-refractivity contribution in [3.05, 3.63) is 70.6 Å². The molecule has 1 heterocycles. The van der Waals surface area contributed by atoms with E-state index in [2.05, 4.69) is 16.4 Å². The minimum absolute atomic E-state index is 0.0257. The van der Waals surface area contributed by atoms with Gasteiger partial charge in [-0.1, -0.05) is 17.7 Å². The fraction of sp³-hybridized carbons (Fsp3) is 0.240. The summed E-state index contributed by atoms with van der Waals surface area (Å²) in [7, 11) is 1.57. The number of methoxy groups -OCH3 is 1. The van der Waals surface area contributed by atoms with Gasteiger partial charge >= 0.3 is 0 Å². The van der Waals surface area contributed by atoms with Crippen LogP contribution in [0.2, 0.25) is 5.02 Å². The van der Waals surface area contributed by atoms with E-state index in [1.165, 1.54) is 18.3 Å². The van der Waals surface area contributed by atoms with Crippen molar-refractivity contribution in [2.45, 2.75) is 20.3 Å². The van der Waals surface area contributed by atoms with Gasteiger partial charge in [0.05, 0.1) is 28.9 Å². The molecule has 6 nitrogen and oxygen atoms in total. The Balaban J connectivity index is 2.03. The molecule has 0 fully saturated rings. The summed E-state index contributed by atoms with van der Waals surface area (Å²) < 4.78 is 19.1. The molecule has 0 unspecified atom stereocenters. The molecular formula is C25H24ClFN4O2. The SMILES string of the molecule is CCN(CC)C(=O)/C=C/Cc1cc2c(Nc3ccc(F)c(Cl)c3)c(C#N)cnc2cc1OC. The van der Waals surface area contributed by atoms with Crippen LogP contribution in [0.3, 0.4) is 0 Å².